The first-order chi connectivity index (χ1) is 8.76. The summed E-state index contributed by atoms with van der Waals surface area (Å²) in [5.74, 6) is -1.29. The van der Waals surface area contributed by atoms with Crippen LogP contribution in [0, 0.1) is 5.82 Å². The molecule has 1 aromatic rings. The second-order valence-corrected chi connectivity index (χ2v) is 4.25. The van der Waals surface area contributed by atoms with Crippen LogP contribution in [-0.4, -0.2) is 31.2 Å². The fraction of sp³-hybridized carbons (Fsp3) is 0.364. The number of carbonyl (C=O) groups excluding carboxylic acids is 1. The Morgan fingerprint density at radius 3 is 2.74 bits per heavy atom. The van der Waals surface area contributed by atoms with Crippen LogP contribution in [0.15, 0.2) is 18.2 Å². The summed E-state index contributed by atoms with van der Waals surface area (Å²) in [5.41, 5.74) is 5.58. The molecule has 0 spiro atoms. The number of carbonyl (C=O) groups is 1. The van der Waals surface area contributed by atoms with Crippen molar-refractivity contribution in [2.75, 3.05) is 23.3 Å². The van der Waals surface area contributed by atoms with Crippen molar-refractivity contribution in [2.24, 2.45) is 5.73 Å². The van der Waals surface area contributed by atoms with E-state index in [-0.39, 0.29) is 17.9 Å². The number of amides is 1. The van der Waals surface area contributed by atoms with Gasteiger partial charge >= 0.3 is 6.18 Å². The van der Waals surface area contributed by atoms with Gasteiger partial charge in [0, 0.05) is 6.54 Å². The summed E-state index contributed by atoms with van der Waals surface area (Å²) in [6.45, 7) is -1.54. The van der Waals surface area contributed by atoms with Crippen LogP contribution in [0.25, 0.3) is 0 Å². The summed E-state index contributed by atoms with van der Waals surface area (Å²) in [5, 5.41) is 2.32. The summed E-state index contributed by atoms with van der Waals surface area (Å²) in [4.78, 5) is 12.4. The van der Waals surface area contributed by atoms with E-state index in [0.717, 1.165) is 17.0 Å². The molecule has 0 aromatic heterocycles. The molecule has 1 aliphatic heterocycles. The van der Waals surface area contributed by atoms with Gasteiger partial charge in [0.2, 0.25) is 5.91 Å². The number of benzene rings is 1. The van der Waals surface area contributed by atoms with Gasteiger partial charge in [0.05, 0.1) is 11.4 Å². The molecule has 1 heterocycles. The Morgan fingerprint density at radius 2 is 2.11 bits per heavy atom. The zero-order valence-corrected chi connectivity index (χ0v) is 9.67. The third kappa shape index (κ3) is 3.14. The third-order valence-corrected chi connectivity index (χ3v) is 2.68. The van der Waals surface area contributed by atoms with E-state index < -0.39 is 30.5 Å². The molecular formula is C11H11F4N3O. The molecule has 2 rings (SSSR count). The molecule has 19 heavy (non-hydrogen) atoms. The van der Waals surface area contributed by atoms with Crippen LogP contribution in [0.1, 0.15) is 0 Å². The number of halogens is 4. The zero-order chi connectivity index (χ0) is 14.2. The Labute approximate surface area is 106 Å². The van der Waals surface area contributed by atoms with E-state index in [2.05, 4.69) is 5.32 Å². The van der Waals surface area contributed by atoms with Gasteiger partial charge in [-0.15, -0.1) is 0 Å². The summed E-state index contributed by atoms with van der Waals surface area (Å²) < 4.78 is 50.6. The minimum Gasteiger partial charge on any atom is -0.359 e. The monoisotopic (exact) mass is 277 g/mol. The van der Waals surface area contributed by atoms with E-state index in [4.69, 9.17) is 5.73 Å². The van der Waals surface area contributed by atoms with Crippen molar-refractivity contribution < 1.29 is 22.4 Å². The van der Waals surface area contributed by atoms with Crippen molar-refractivity contribution >= 4 is 17.3 Å². The number of rotatable bonds is 1. The molecule has 1 aromatic carbocycles. The van der Waals surface area contributed by atoms with Crippen molar-refractivity contribution in [1.29, 1.82) is 0 Å². The number of nitrogens with two attached hydrogens (primary N) is 1. The van der Waals surface area contributed by atoms with Crippen molar-refractivity contribution in [3.63, 3.8) is 0 Å². The van der Waals surface area contributed by atoms with Crippen LogP contribution < -0.4 is 16.0 Å². The minimum absolute atomic E-state index is 0.0119. The number of nitrogens with zero attached hydrogens (tertiary/aromatic N) is 1. The van der Waals surface area contributed by atoms with E-state index in [1.54, 1.807) is 0 Å². The molecule has 1 unspecified atom stereocenters. The SMILES string of the molecule is NC1CN(CC(F)(F)F)c2ccc(F)cc2NC1=O. The van der Waals surface area contributed by atoms with E-state index >= 15 is 0 Å². The number of fused-ring (bicyclic) bond motifs is 1. The Balaban J connectivity index is 2.41. The van der Waals surface area contributed by atoms with Crippen LogP contribution in [0.3, 0.4) is 0 Å². The number of hydrogen-bond donors (Lipinski definition) is 2. The molecule has 1 amide bonds. The van der Waals surface area contributed by atoms with Crippen molar-refractivity contribution in [2.45, 2.75) is 12.2 Å². The quantitative estimate of drug-likeness (QED) is 0.764. The number of nitrogens with one attached hydrogen (secondary N) is 1. The number of anilines is 2. The second-order valence-electron chi connectivity index (χ2n) is 4.25. The molecule has 0 fully saturated rings. The van der Waals surface area contributed by atoms with Crippen LogP contribution in [-0.2, 0) is 4.79 Å². The molecule has 8 heteroatoms. The third-order valence-electron chi connectivity index (χ3n) is 2.68. The smallest absolute Gasteiger partial charge is 0.359 e. The van der Waals surface area contributed by atoms with E-state index in [1.807, 2.05) is 0 Å². The maximum Gasteiger partial charge on any atom is 0.405 e. The second kappa shape index (κ2) is 4.69. The van der Waals surface area contributed by atoms with Crippen molar-refractivity contribution in [1.82, 2.24) is 0 Å². The van der Waals surface area contributed by atoms with Gasteiger partial charge in [-0.1, -0.05) is 0 Å². The highest BCUT2D eigenvalue weighted by molar-refractivity contribution is 5.99. The van der Waals surface area contributed by atoms with E-state index in [0.29, 0.717) is 0 Å². The highest BCUT2D eigenvalue weighted by atomic mass is 19.4. The van der Waals surface area contributed by atoms with Gasteiger partial charge in [-0.25, -0.2) is 4.39 Å². The first-order valence-electron chi connectivity index (χ1n) is 5.44. The highest BCUT2D eigenvalue weighted by Gasteiger charge is 2.35. The van der Waals surface area contributed by atoms with Crippen molar-refractivity contribution in [3.05, 3.63) is 24.0 Å². The molecule has 0 saturated heterocycles. The lowest BCUT2D eigenvalue weighted by Crippen LogP contribution is -2.45. The van der Waals surface area contributed by atoms with Gasteiger partial charge in [0.1, 0.15) is 18.4 Å². The lowest BCUT2D eigenvalue weighted by atomic mass is 10.2. The molecule has 0 radical (unpaired) electrons. The maximum absolute atomic E-state index is 13.1. The molecule has 0 bridgehead atoms. The van der Waals surface area contributed by atoms with E-state index in [1.165, 1.54) is 6.07 Å². The summed E-state index contributed by atoms with van der Waals surface area (Å²) in [7, 11) is 0. The molecule has 1 atom stereocenters. The molecular weight excluding hydrogens is 266 g/mol. The normalized spacial score (nSPS) is 19.7. The van der Waals surface area contributed by atoms with Crippen LogP contribution in [0.4, 0.5) is 28.9 Å². The summed E-state index contributed by atoms with van der Waals surface area (Å²) >= 11 is 0. The maximum atomic E-state index is 13.1. The molecule has 3 N–H and O–H groups in total. The predicted octanol–water partition coefficient (Wildman–Crippen LogP) is 1.47. The Hall–Kier alpha value is -1.83. The topological polar surface area (TPSA) is 58.4 Å². The Morgan fingerprint density at radius 1 is 1.42 bits per heavy atom. The van der Waals surface area contributed by atoms with Gasteiger partial charge in [-0.2, -0.15) is 13.2 Å². The zero-order valence-electron chi connectivity index (χ0n) is 9.67. The van der Waals surface area contributed by atoms with Crippen LogP contribution in [0.5, 0.6) is 0 Å². The average Bonchev–Trinajstić information content (AvgIpc) is 2.35. The van der Waals surface area contributed by atoms with E-state index in [9.17, 15) is 22.4 Å². The standard InChI is InChI=1S/C11H11F4N3O/c12-6-1-2-9-8(3-6)17-10(19)7(16)4-18(9)5-11(13,14)15/h1-3,7H,4-5,16H2,(H,17,19). The Bertz CT molecular complexity index is 503. The molecule has 4 nitrogen and oxygen atoms in total. The average molecular weight is 277 g/mol. The van der Waals surface area contributed by atoms with Crippen LogP contribution in [0.2, 0.25) is 0 Å². The van der Waals surface area contributed by atoms with Crippen molar-refractivity contribution in [3.8, 4) is 0 Å². The molecule has 104 valence electrons. The fourth-order valence-electron chi connectivity index (χ4n) is 1.89. The van der Waals surface area contributed by atoms with Gasteiger partial charge < -0.3 is 16.0 Å². The largest absolute Gasteiger partial charge is 0.405 e. The molecule has 1 aliphatic rings. The molecule has 0 aliphatic carbocycles. The van der Waals surface area contributed by atoms with Gasteiger partial charge in [0.15, 0.2) is 0 Å². The summed E-state index contributed by atoms with van der Waals surface area (Å²) in [6.07, 6.45) is -4.45. The van der Waals surface area contributed by atoms with Crippen LogP contribution >= 0.6 is 0 Å². The van der Waals surface area contributed by atoms with Gasteiger partial charge in [-0.3, -0.25) is 4.79 Å². The first-order valence-corrected chi connectivity index (χ1v) is 5.44. The number of alkyl halides is 3. The lowest BCUT2D eigenvalue weighted by molar-refractivity contribution is -0.121. The number of hydrogen-bond acceptors (Lipinski definition) is 3. The Kier molecular flexibility index (Phi) is 3.36. The highest BCUT2D eigenvalue weighted by Crippen LogP contribution is 2.31. The molecule has 0 saturated carbocycles. The lowest BCUT2D eigenvalue weighted by Gasteiger charge is -2.26. The minimum atomic E-state index is -4.45. The van der Waals surface area contributed by atoms with Gasteiger partial charge in [-0.05, 0) is 18.2 Å². The summed E-state index contributed by atoms with van der Waals surface area (Å²) in [6, 6.07) is 2.08. The predicted molar refractivity (Wildman–Crippen MR) is 61.3 cm³/mol. The van der Waals surface area contributed by atoms with Gasteiger partial charge in [0.25, 0.3) is 0 Å². The fourth-order valence-corrected chi connectivity index (χ4v) is 1.89. The first kappa shape index (κ1) is 13.6.